The van der Waals surface area contributed by atoms with Gasteiger partial charge in [-0.05, 0) is 43.4 Å². The Morgan fingerprint density at radius 2 is 1.97 bits per heavy atom. The van der Waals surface area contributed by atoms with Gasteiger partial charge in [-0.15, -0.1) is 0 Å². The number of urea groups is 1. The Hall–Kier alpha value is -2.45. The third kappa shape index (κ3) is 5.58. The van der Waals surface area contributed by atoms with E-state index in [4.69, 9.17) is 0 Å². The zero-order chi connectivity index (χ0) is 21.7. The number of likely N-dealkylation sites (tertiary alicyclic amines) is 1. The topological polar surface area (TPSA) is 78.5 Å². The lowest BCUT2D eigenvalue weighted by atomic mass is 9.90. The second kappa shape index (κ2) is 9.57. The van der Waals surface area contributed by atoms with Crippen LogP contribution in [0.3, 0.4) is 0 Å². The van der Waals surface area contributed by atoms with Gasteiger partial charge in [0.1, 0.15) is 5.82 Å². The summed E-state index contributed by atoms with van der Waals surface area (Å²) < 4.78 is 40.7. The molecule has 3 rings (SSSR count). The number of piperidine rings is 1. The molecule has 0 saturated carbocycles. The van der Waals surface area contributed by atoms with Crippen molar-refractivity contribution < 1.29 is 17.6 Å². The lowest BCUT2D eigenvalue weighted by Gasteiger charge is -2.41. The van der Waals surface area contributed by atoms with Crippen LogP contribution in [0.25, 0.3) is 11.1 Å². The molecular weight excluding hydrogens is 405 g/mol. The molecule has 0 unspecified atom stereocenters. The lowest BCUT2D eigenvalue weighted by Crippen LogP contribution is -2.59. The van der Waals surface area contributed by atoms with Crippen LogP contribution in [0.5, 0.6) is 0 Å². The molecule has 0 radical (unpaired) electrons. The van der Waals surface area contributed by atoms with Crippen LogP contribution in [-0.2, 0) is 16.4 Å². The molecule has 0 spiro atoms. The highest BCUT2D eigenvalue weighted by Crippen LogP contribution is 2.26. The van der Waals surface area contributed by atoms with Crippen molar-refractivity contribution in [3.63, 3.8) is 0 Å². The van der Waals surface area contributed by atoms with E-state index in [1.807, 2.05) is 31.2 Å². The maximum atomic E-state index is 14.2. The second-order valence-corrected chi connectivity index (χ2v) is 9.40. The van der Waals surface area contributed by atoms with Gasteiger partial charge in [0.25, 0.3) is 0 Å². The summed E-state index contributed by atoms with van der Waals surface area (Å²) in [5.74, 6) is -0.298. The monoisotopic (exact) mass is 433 g/mol. The zero-order valence-electron chi connectivity index (χ0n) is 17.3. The molecule has 30 heavy (non-hydrogen) atoms. The molecule has 2 atom stereocenters. The Morgan fingerprint density at radius 1 is 1.20 bits per heavy atom. The van der Waals surface area contributed by atoms with Crippen molar-refractivity contribution in [3.8, 4) is 11.1 Å². The molecule has 2 amide bonds. The number of hydrogen-bond acceptors (Lipinski definition) is 3. The van der Waals surface area contributed by atoms with Gasteiger partial charge in [0.05, 0.1) is 12.3 Å². The maximum absolute atomic E-state index is 14.2. The van der Waals surface area contributed by atoms with Gasteiger partial charge >= 0.3 is 6.03 Å². The van der Waals surface area contributed by atoms with E-state index in [0.29, 0.717) is 31.5 Å². The molecule has 1 aliphatic heterocycles. The quantitative estimate of drug-likeness (QED) is 0.735. The standard InChI is InChI=1S/C22H28FN3O3S/c1-3-24-22(27)26-13-7-12-20(25-30(2,28)29)21(26)15-16-8-6-9-17(14-16)18-10-4-5-11-19(18)23/h4-6,8-11,14,20-21,25H,3,7,12-13,15H2,1-2H3,(H,24,27)/t20-,21+/m0/s1. The summed E-state index contributed by atoms with van der Waals surface area (Å²) in [6.07, 6.45) is 2.97. The summed E-state index contributed by atoms with van der Waals surface area (Å²) in [6, 6.07) is 13.2. The van der Waals surface area contributed by atoms with Gasteiger partial charge in [-0.25, -0.2) is 22.3 Å². The van der Waals surface area contributed by atoms with Crippen molar-refractivity contribution in [1.82, 2.24) is 14.9 Å². The summed E-state index contributed by atoms with van der Waals surface area (Å²) in [5.41, 5.74) is 2.17. The van der Waals surface area contributed by atoms with Gasteiger partial charge in [-0.2, -0.15) is 0 Å². The molecular formula is C22H28FN3O3S. The van der Waals surface area contributed by atoms with Gasteiger partial charge in [-0.1, -0.05) is 42.5 Å². The summed E-state index contributed by atoms with van der Waals surface area (Å²) in [4.78, 5) is 14.3. The van der Waals surface area contributed by atoms with Crippen LogP contribution in [0, 0.1) is 5.82 Å². The van der Waals surface area contributed by atoms with Crippen LogP contribution in [-0.4, -0.2) is 50.8 Å². The Bertz CT molecular complexity index is 997. The molecule has 0 aromatic heterocycles. The molecule has 1 fully saturated rings. The van der Waals surface area contributed by atoms with Crippen LogP contribution in [0.15, 0.2) is 48.5 Å². The minimum absolute atomic E-state index is 0.201. The molecule has 1 saturated heterocycles. The molecule has 1 heterocycles. The Morgan fingerprint density at radius 3 is 2.67 bits per heavy atom. The first-order valence-electron chi connectivity index (χ1n) is 10.1. The highest BCUT2D eigenvalue weighted by atomic mass is 32.2. The van der Waals surface area contributed by atoms with Crippen LogP contribution < -0.4 is 10.0 Å². The molecule has 6 nitrogen and oxygen atoms in total. The number of rotatable bonds is 6. The highest BCUT2D eigenvalue weighted by molar-refractivity contribution is 7.88. The number of carbonyl (C=O) groups excluding carboxylic acids is 1. The number of carbonyl (C=O) groups is 1. The number of hydrogen-bond donors (Lipinski definition) is 2. The summed E-state index contributed by atoms with van der Waals surface area (Å²) in [7, 11) is -3.43. The fourth-order valence-corrected chi connectivity index (χ4v) is 4.85. The molecule has 0 bridgehead atoms. The number of nitrogens with zero attached hydrogens (tertiary/aromatic N) is 1. The van der Waals surface area contributed by atoms with Gasteiger partial charge in [0.15, 0.2) is 0 Å². The molecule has 162 valence electrons. The van der Waals surface area contributed by atoms with E-state index in [2.05, 4.69) is 10.0 Å². The predicted octanol–water partition coefficient (Wildman–Crippen LogP) is 3.15. The Balaban J connectivity index is 1.91. The van der Waals surface area contributed by atoms with Gasteiger partial charge < -0.3 is 10.2 Å². The number of amides is 2. The maximum Gasteiger partial charge on any atom is 0.317 e. The molecule has 8 heteroatoms. The summed E-state index contributed by atoms with van der Waals surface area (Å²) >= 11 is 0. The SMILES string of the molecule is CCNC(=O)N1CCC[C@H](NS(C)(=O)=O)[C@H]1Cc1cccc(-c2ccccc2F)c1. The van der Waals surface area contributed by atoms with E-state index in [0.717, 1.165) is 23.8 Å². The largest absolute Gasteiger partial charge is 0.338 e. The predicted molar refractivity (Wildman–Crippen MR) is 116 cm³/mol. The summed E-state index contributed by atoms with van der Waals surface area (Å²) in [5, 5.41) is 2.82. The van der Waals surface area contributed by atoms with Crippen LogP contribution in [0.1, 0.15) is 25.3 Å². The molecule has 2 N–H and O–H groups in total. The average molecular weight is 434 g/mol. The van der Waals surface area contributed by atoms with Crippen LogP contribution in [0.2, 0.25) is 0 Å². The third-order valence-corrected chi connectivity index (χ3v) is 6.02. The van der Waals surface area contributed by atoms with Crippen molar-refractivity contribution in [2.45, 2.75) is 38.3 Å². The first kappa shape index (κ1) is 22.2. The zero-order valence-corrected chi connectivity index (χ0v) is 18.1. The van der Waals surface area contributed by atoms with Gasteiger partial charge in [-0.3, -0.25) is 0 Å². The minimum atomic E-state index is -3.43. The normalized spacial score (nSPS) is 19.5. The van der Waals surface area contributed by atoms with E-state index in [-0.39, 0.29) is 23.9 Å². The van der Waals surface area contributed by atoms with Gasteiger partial charge in [0, 0.05) is 24.7 Å². The Labute approximate surface area is 177 Å². The molecule has 0 aliphatic carbocycles. The lowest BCUT2D eigenvalue weighted by molar-refractivity contribution is 0.134. The first-order chi connectivity index (χ1) is 14.3. The number of sulfonamides is 1. The van der Waals surface area contributed by atoms with Crippen molar-refractivity contribution in [3.05, 3.63) is 59.9 Å². The third-order valence-electron chi connectivity index (χ3n) is 5.29. The van der Waals surface area contributed by atoms with Crippen molar-refractivity contribution in [2.75, 3.05) is 19.3 Å². The van der Waals surface area contributed by atoms with Crippen molar-refractivity contribution >= 4 is 16.1 Å². The smallest absolute Gasteiger partial charge is 0.317 e. The fourth-order valence-electron chi connectivity index (χ4n) is 4.03. The average Bonchev–Trinajstić information content (AvgIpc) is 2.69. The first-order valence-corrected chi connectivity index (χ1v) is 12.0. The number of benzene rings is 2. The molecule has 2 aromatic rings. The van der Waals surface area contributed by atoms with Crippen LogP contribution in [0.4, 0.5) is 9.18 Å². The van der Waals surface area contributed by atoms with E-state index in [9.17, 15) is 17.6 Å². The van der Waals surface area contributed by atoms with E-state index in [1.165, 1.54) is 6.07 Å². The second-order valence-electron chi connectivity index (χ2n) is 7.62. The fraction of sp³-hybridized carbons (Fsp3) is 0.409. The highest BCUT2D eigenvalue weighted by Gasteiger charge is 2.35. The minimum Gasteiger partial charge on any atom is -0.338 e. The van der Waals surface area contributed by atoms with Crippen molar-refractivity contribution in [1.29, 1.82) is 0 Å². The molecule has 1 aliphatic rings. The summed E-state index contributed by atoms with van der Waals surface area (Å²) in [6.45, 7) is 2.90. The van der Waals surface area contributed by atoms with Gasteiger partial charge in [0.2, 0.25) is 10.0 Å². The van der Waals surface area contributed by atoms with Crippen LogP contribution >= 0.6 is 0 Å². The number of halogens is 1. The van der Waals surface area contributed by atoms with E-state index >= 15 is 0 Å². The molecule has 2 aromatic carbocycles. The Kier molecular flexibility index (Phi) is 7.10. The van der Waals surface area contributed by atoms with E-state index in [1.54, 1.807) is 23.1 Å². The van der Waals surface area contributed by atoms with E-state index < -0.39 is 10.0 Å². The van der Waals surface area contributed by atoms with Crippen molar-refractivity contribution in [2.24, 2.45) is 0 Å². The number of nitrogens with one attached hydrogen (secondary N) is 2.